The molecule has 0 saturated carbocycles. The summed E-state index contributed by atoms with van der Waals surface area (Å²) in [6.45, 7) is 4.78. The van der Waals surface area contributed by atoms with Crippen LogP contribution in [0.15, 0.2) is 58.3 Å². The summed E-state index contributed by atoms with van der Waals surface area (Å²) >= 11 is 6.11. The first-order valence-corrected chi connectivity index (χ1v) is 12.5. The van der Waals surface area contributed by atoms with Gasteiger partial charge in [0.15, 0.2) is 0 Å². The highest BCUT2D eigenvalue weighted by Crippen LogP contribution is 2.61. The Balaban J connectivity index is 1.71. The molecule has 0 radical (unpaired) electrons. The van der Waals surface area contributed by atoms with Gasteiger partial charge in [-0.2, -0.15) is 10.0 Å². The van der Waals surface area contributed by atoms with Crippen LogP contribution >= 0.6 is 21.6 Å². The standard InChI is InChI=1S/C22H29ClN2S/c1-26(16-4-11-23,21-9-2-7-19(17-21)24-12-5-13-24)22-10-3-8-20(18-22)25-14-6-15-25/h2-3,7-10,17-18H,4-6,11-16H2,1H3. The SMILES string of the molecule is CS(CCCCl)(c1cccc(N2CCC2)c1)c1cccc(N2CCC2)c1. The lowest BCUT2D eigenvalue weighted by Crippen LogP contribution is -2.37. The van der Waals surface area contributed by atoms with Gasteiger partial charge in [0.25, 0.3) is 0 Å². The van der Waals surface area contributed by atoms with Gasteiger partial charge in [-0.25, -0.2) is 0 Å². The molecule has 0 atom stereocenters. The molecule has 0 spiro atoms. The van der Waals surface area contributed by atoms with Gasteiger partial charge in [0, 0.05) is 43.4 Å². The average molecular weight is 389 g/mol. The zero-order chi connectivity index (χ0) is 18.0. The van der Waals surface area contributed by atoms with Crippen molar-refractivity contribution < 1.29 is 0 Å². The van der Waals surface area contributed by atoms with Gasteiger partial charge in [0.1, 0.15) is 0 Å². The van der Waals surface area contributed by atoms with E-state index in [1.54, 1.807) is 0 Å². The van der Waals surface area contributed by atoms with E-state index in [9.17, 15) is 0 Å². The topological polar surface area (TPSA) is 6.48 Å². The lowest BCUT2D eigenvalue weighted by atomic mass is 10.2. The highest BCUT2D eigenvalue weighted by Gasteiger charge is 2.26. The van der Waals surface area contributed by atoms with E-state index < -0.39 is 10.0 Å². The van der Waals surface area contributed by atoms with Crippen LogP contribution in [0.2, 0.25) is 0 Å². The molecule has 0 unspecified atom stereocenters. The minimum atomic E-state index is -1.08. The smallest absolute Gasteiger partial charge is 0.0377 e. The van der Waals surface area contributed by atoms with E-state index in [0.29, 0.717) is 0 Å². The van der Waals surface area contributed by atoms with Crippen LogP contribution in [0.25, 0.3) is 0 Å². The van der Waals surface area contributed by atoms with E-state index in [2.05, 4.69) is 64.6 Å². The summed E-state index contributed by atoms with van der Waals surface area (Å²) in [5, 5.41) is 0. The molecule has 2 aliphatic rings. The highest BCUT2D eigenvalue weighted by atomic mass is 35.5. The summed E-state index contributed by atoms with van der Waals surface area (Å²) in [6, 6.07) is 18.6. The summed E-state index contributed by atoms with van der Waals surface area (Å²) < 4.78 is 0. The molecule has 0 amide bonds. The fourth-order valence-electron chi connectivity index (χ4n) is 3.78. The van der Waals surface area contributed by atoms with E-state index in [1.165, 1.54) is 60.2 Å². The quantitative estimate of drug-likeness (QED) is 0.570. The van der Waals surface area contributed by atoms with Crippen molar-refractivity contribution in [3.63, 3.8) is 0 Å². The van der Waals surface area contributed by atoms with Gasteiger partial charge in [-0.05, 0) is 77.5 Å². The molecule has 2 fully saturated rings. The summed E-state index contributed by atoms with van der Waals surface area (Å²) in [7, 11) is -1.08. The number of anilines is 2. The largest absolute Gasteiger partial charge is 0.371 e. The first kappa shape index (κ1) is 18.1. The molecular formula is C22H29ClN2S. The normalized spacial score (nSPS) is 17.6. The first-order valence-electron chi connectivity index (χ1n) is 9.73. The number of hydrogen-bond acceptors (Lipinski definition) is 2. The molecular weight excluding hydrogens is 360 g/mol. The van der Waals surface area contributed by atoms with Crippen LogP contribution in [-0.2, 0) is 0 Å². The average Bonchev–Trinajstić information content (AvgIpc) is 2.57. The molecule has 26 heavy (non-hydrogen) atoms. The van der Waals surface area contributed by atoms with E-state index in [0.717, 1.165) is 18.1 Å². The van der Waals surface area contributed by atoms with E-state index in [4.69, 9.17) is 11.6 Å². The molecule has 2 aromatic rings. The molecule has 2 nitrogen and oxygen atoms in total. The fraction of sp³-hybridized carbons (Fsp3) is 0.455. The molecule has 2 heterocycles. The molecule has 2 aliphatic heterocycles. The van der Waals surface area contributed by atoms with E-state index >= 15 is 0 Å². The summed E-state index contributed by atoms with van der Waals surface area (Å²) in [6.07, 6.45) is 6.18. The molecule has 4 heteroatoms. The molecule has 0 aliphatic carbocycles. The van der Waals surface area contributed by atoms with E-state index in [1.807, 2.05) is 0 Å². The van der Waals surface area contributed by atoms with Gasteiger partial charge in [-0.1, -0.05) is 12.1 Å². The Morgan fingerprint density at radius 1 is 0.846 bits per heavy atom. The predicted octanol–water partition coefficient (Wildman–Crippen LogP) is 5.59. The van der Waals surface area contributed by atoms with Crippen LogP contribution < -0.4 is 9.80 Å². The predicted molar refractivity (Wildman–Crippen MR) is 117 cm³/mol. The third-order valence-corrected chi connectivity index (χ3v) is 9.77. The van der Waals surface area contributed by atoms with Crippen LogP contribution in [0, 0.1) is 0 Å². The minimum Gasteiger partial charge on any atom is -0.371 e. The van der Waals surface area contributed by atoms with Gasteiger partial charge >= 0.3 is 0 Å². The number of rotatable bonds is 7. The number of halogens is 1. The monoisotopic (exact) mass is 388 g/mol. The summed E-state index contributed by atoms with van der Waals surface area (Å²) in [5.41, 5.74) is 2.77. The lowest BCUT2D eigenvalue weighted by molar-refractivity contribution is 0.617. The number of alkyl halides is 1. The van der Waals surface area contributed by atoms with Crippen molar-refractivity contribution in [3.05, 3.63) is 48.5 Å². The second kappa shape index (κ2) is 7.74. The van der Waals surface area contributed by atoms with Gasteiger partial charge in [0.2, 0.25) is 0 Å². The first-order chi connectivity index (χ1) is 12.7. The summed E-state index contributed by atoms with van der Waals surface area (Å²) in [5.74, 6) is 1.89. The van der Waals surface area contributed by atoms with Crippen molar-refractivity contribution in [2.24, 2.45) is 0 Å². The molecule has 0 N–H and O–H groups in total. The molecule has 0 bridgehead atoms. The molecule has 140 valence electrons. The van der Waals surface area contributed by atoms with Crippen molar-refractivity contribution in [1.82, 2.24) is 0 Å². The van der Waals surface area contributed by atoms with Gasteiger partial charge in [0.05, 0.1) is 0 Å². The zero-order valence-corrected chi connectivity index (χ0v) is 17.2. The number of nitrogens with zero attached hydrogens (tertiary/aromatic N) is 2. The minimum absolute atomic E-state index is 0.736. The maximum Gasteiger partial charge on any atom is 0.0377 e. The van der Waals surface area contributed by atoms with Crippen molar-refractivity contribution in [2.45, 2.75) is 29.1 Å². The Morgan fingerprint density at radius 2 is 1.35 bits per heavy atom. The van der Waals surface area contributed by atoms with Crippen LogP contribution in [-0.4, -0.2) is 44.1 Å². The summed E-state index contributed by atoms with van der Waals surface area (Å²) in [4.78, 5) is 7.96. The zero-order valence-electron chi connectivity index (χ0n) is 15.7. The van der Waals surface area contributed by atoms with Crippen LogP contribution in [0.5, 0.6) is 0 Å². The second-order valence-electron chi connectivity index (χ2n) is 7.51. The molecule has 2 saturated heterocycles. The van der Waals surface area contributed by atoms with Crippen molar-refractivity contribution in [2.75, 3.05) is 53.9 Å². The van der Waals surface area contributed by atoms with Gasteiger partial charge < -0.3 is 9.80 Å². The number of benzene rings is 2. The lowest BCUT2D eigenvalue weighted by Gasteiger charge is -2.40. The maximum absolute atomic E-state index is 6.11. The molecule has 0 aromatic heterocycles. The third-order valence-electron chi connectivity index (χ3n) is 5.80. The molecule has 2 aromatic carbocycles. The Bertz CT molecular complexity index is 698. The maximum atomic E-state index is 6.11. The Kier molecular flexibility index (Phi) is 5.37. The van der Waals surface area contributed by atoms with Gasteiger partial charge in [-0.3, -0.25) is 0 Å². The molecule has 4 rings (SSSR count). The fourth-order valence-corrected chi connectivity index (χ4v) is 7.06. The van der Waals surface area contributed by atoms with Crippen LogP contribution in [0.3, 0.4) is 0 Å². The van der Waals surface area contributed by atoms with Crippen molar-refractivity contribution in [3.8, 4) is 0 Å². The van der Waals surface area contributed by atoms with Crippen molar-refractivity contribution in [1.29, 1.82) is 0 Å². The van der Waals surface area contributed by atoms with Crippen LogP contribution in [0.1, 0.15) is 19.3 Å². The van der Waals surface area contributed by atoms with Crippen molar-refractivity contribution >= 4 is 33.0 Å². The van der Waals surface area contributed by atoms with Gasteiger partial charge in [-0.15, -0.1) is 11.6 Å². The Labute approximate surface area is 164 Å². The third kappa shape index (κ3) is 3.44. The second-order valence-corrected chi connectivity index (χ2v) is 11.4. The number of hydrogen-bond donors (Lipinski definition) is 0. The van der Waals surface area contributed by atoms with Crippen LogP contribution in [0.4, 0.5) is 11.4 Å². The van der Waals surface area contributed by atoms with E-state index in [-0.39, 0.29) is 0 Å². The Morgan fingerprint density at radius 3 is 1.73 bits per heavy atom. The highest BCUT2D eigenvalue weighted by molar-refractivity contribution is 8.33. The Hall–Kier alpha value is -1.32.